The lowest BCUT2D eigenvalue weighted by Gasteiger charge is -2.22. The quantitative estimate of drug-likeness (QED) is 0.786. The number of hydrogen-bond acceptors (Lipinski definition) is 3. The van der Waals surface area contributed by atoms with Crippen LogP contribution in [0.25, 0.3) is 0 Å². The molecule has 0 aliphatic rings. The highest BCUT2D eigenvalue weighted by Crippen LogP contribution is 2.25. The van der Waals surface area contributed by atoms with E-state index in [1.54, 1.807) is 0 Å². The average Bonchev–Trinajstić information content (AvgIpc) is 2.76. The normalized spacial score (nSPS) is 15.3. The zero-order valence-corrected chi connectivity index (χ0v) is 12.3. The standard InChI is InChI=1S/C13H23NS2/c1-10(2)13(12-6-5-9-16-12)14-8-7-11(3)15-4/h5-6,9-11,13-14H,7-8H2,1-4H3. The fourth-order valence-corrected chi connectivity index (χ4v) is 3.02. The van der Waals surface area contributed by atoms with Crippen LogP contribution < -0.4 is 5.32 Å². The van der Waals surface area contributed by atoms with Gasteiger partial charge in [-0.15, -0.1) is 11.3 Å². The van der Waals surface area contributed by atoms with Crippen LogP contribution in [0.5, 0.6) is 0 Å². The highest BCUT2D eigenvalue weighted by molar-refractivity contribution is 7.99. The Morgan fingerprint density at radius 1 is 1.38 bits per heavy atom. The minimum Gasteiger partial charge on any atom is -0.309 e. The Bertz CT molecular complexity index is 269. The first-order valence-electron chi connectivity index (χ1n) is 5.94. The molecule has 92 valence electrons. The van der Waals surface area contributed by atoms with Crippen molar-refractivity contribution in [1.82, 2.24) is 5.32 Å². The van der Waals surface area contributed by atoms with Crippen molar-refractivity contribution in [3.63, 3.8) is 0 Å². The SMILES string of the molecule is CSC(C)CCNC(c1cccs1)C(C)C. The van der Waals surface area contributed by atoms with Gasteiger partial charge in [0, 0.05) is 16.2 Å². The first-order valence-corrected chi connectivity index (χ1v) is 8.11. The second-order valence-electron chi connectivity index (χ2n) is 4.53. The van der Waals surface area contributed by atoms with Gasteiger partial charge in [-0.3, -0.25) is 0 Å². The molecule has 0 radical (unpaired) electrons. The van der Waals surface area contributed by atoms with Crippen molar-refractivity contribution < 1.29 is 0 Å². The lowest BCUT2D eigenvalue weighted by Crippen LogP contribution is -2.27. The smallest absolute Gasteiger partial charge is 0.0438 e. The van der Waals surface area contributed by atoms with Crippen LogP contribution in [0.2, 0.25) is 0 Å². The molecule has 0 amide bonds. The van der Waals surface area contributed by atoms with E-state index in [2.05, 4.69) is 49.9 Å². The van der Waals surface area contributed by atoms with Crippen molar-refractivity contribution in [2.75, 3.05) is 12.8 Å². The number of thiophene rings is 1. The third-order valence-corrected chi connectivity index (χ3v) is 4.83. The van der Waals surface area contributed by atoms with Crippen molar-refractivity contribution in [3.05, 3.63) is 22.4 Å². The second kappa shape index (κ2) is 7.36. The van der Waals surface area contributed by atoms with Crippen LogP contribution in [0, 0.1) is 5.92 Å². The molecule has 0 saturated heterocycles. The maximum atomic E-state index is 3.68. The predicted molar refractivity (Wildman–Crippen MR) is 77.5 cm³/mol. The molecule has 0 bridgehead atoms. The Labute approximate surface area is 108 Å². The number of nitrogens with one attached hydrogen (secondary N) is 1. The Hall–Kier alpha value is 0.01000. The van der Waals surface area contributed by atoms with Crippen LogP contribution >= 0.6 is 23.1 Å². The molecule has 16 heavy (non-hydrogen) atoms. The number of rotatable bonds is 7. The summed E-state index contributed by atoms with van der Waals surface area (Å²) in [6.07, 6.45) is 3.43. The Kier molecular flexibility index (Phi) is 6.47. The minimum absolute atomic E-state index is 0.522. The first-order chi connectivity index (χ1) is 7.65. The van der Waals surface area contributed by atoms with E-state index in [1.807, 2.05) is 23.1 Å². The molecule has 3 heteroatoms. The molecule has 0 spiro atoms. The Balaban J connectivity index is 2.41. The lowest BCUT2D eigenvalue weighted by atomic mass is 10.0. The lowest BCUT2D eigenvalue weighted by molar-refractivity contribution is 0.415. The molecule has 0 aliphatic heterocycles. The maximum Gasteiger partial charge on any atom is 0.0438 e. The van der Waals surface area contributed by atoms with E-state index in [-0.39, 0.29) is 0 Å². The van der Waals surface area contributed by atoms with Gasteiger partial charge in [-0.2, -0.15) is 11.8 Å². The largest absolute Gasteiger partial charge is 0.309 e. The van der Waals surface area contributed by atoms with E-state index in [0.29, 0.717) is 12.0 Å². The first kappa shape index (κ1) is 14.1. The summed E-state index contributed by atoms with van der Waals surface area (Å²) in [5, 5.41) is 6.60. The molecular formula is C13H23NS2. The Morgan fingerprint density at radius 2 is 2.12 bits per heavy atom. The van der Waals surface area contributed by atoms with Crippen LogP contribution in [0.3, 0.4) is 0 Å². The number of thioether (sulfide) groups is 1. The molecule has 1 heterocycles. The zero-order chi connectivity index (χ0) is 12.0. The van der Waals surface area contributed by atoms with Gasteiger partial charge < -0.3 is 5.32 Å². The van der Waals surface area contributed by atoms with Crippen LogP contribution in [-0.4, -0.2) is 18.1 Å². The summed E-state index contributed by atoms with van der Waals surface area (Å²) in [6.45, 7) is 7.98. The van der Waals surface area contributed by atoms with Crippen molar-refractivity contribution in [2.24, 2.45) is 5.92 Å². The third-order valence-electron chi connectivity index (χ3n) is 2.83. The molecule has 1 N–H and O–H groups in total. The van der Waals surface area contributed by atoms with Gasteiger partial charge in [0.2, 0.25) is 0 Å². The van der Waals surface area contributed by atoms with E-state index >= 15 is 0 Å². The van der Waals surface area contributed by atoms with Crippen LogP contribution in [0.4, 0.5) is 0 Å². The second-order valence-corrected chi connectivity index (χ2v) is 6.78. The highest BCUT2D eigenvalue weighted by Gasteiger charge is 2.15. The summed E-state index contributed by atoms with van der Waals surface area (Å²) < 4.78 is 0. The van der Waals surface area contributed by atoms with Gasteiger partial charge in [-0.05, 0) is 36.6 Å². The summed E-state index contributed by atoms with van der Waals surface area (Å²) in [6, 6.07) is 4.90. The molecule has 1 aromatic heterocycles. The number of hydrogen-bond donors (Lipinski definition) is 1. The van der Waals surface area contributed by atoms with Gasteiger partial charge >= 0.3 is 0 Å². The van der Waals surface area contributed by atoms with Gasteiger partial charge in [-0.25, -0.2) is 0 Å². The highest BCUT2D eigenvalue weighted by atomic mass is 32.2. The van der Waals surface area contributed by atoms with Gasteiger partial charge in [0.1, 0.15) is 0 Å². The summed E-state index contributed by atoms with van der Waals surface area (Å²) in [5.74, 6) is 0.656. The van der Waals surface area contributed by atoms with Crippen LogP contribution in [0.1, 0.15) is 38.1 Å². The van der Waals surface area contributed by atoms with E-state index in [4.69, 9.17) is 0 Å². The minimum atomic E-state index is 0.522. The van der Waals surface area contributed by atoms with Crippen molar-refractivity contribution in [1.29, 1.82) is 0 Å². The molecule has 2 unspecified atom stereocenters. The summed E-state index contributed by atoms with van der Waals surface area (Å²) in [4.78, 5) is 1.46. The zero-order valence-electron chi connectivity index (χ0n) is 10.7. The van der Waals surface area contributed by atoms with Gasteiger partial charge in [0.05, 0.1) is 0 Å². The summed E-state index contributed by atoms with van der Waals surface area (Å²) in [7, 11) is 0. The fraction of sp³-hybridized carbons (Fsp3) is 0.692. The molecule has 1 aromatic rings. The topological polar surface area (TPSA) is 12.0 Å². The van der Waals surface area contributed by atoms with E-state index in [0.717, 1.165) is 11.8 Å². The summed E-state index contributed by atoms with van der Waals surface area (Å²) >= 11 is 3.80. The third kappa shape index (κ3) is 4.48. The molecule has 1 nitrogen and oxygen atoms in total. The molecule has 1 rings (SSSR count). The molecule has 0 aliphatic carbocycles. The molecule has 0 saturated carbocycles. The van der Waals surface area contributed by atoms with Gasteiger partial charge in [0.15, 0.2) is 0 Å². The van der Waals surface area contributed by atoms with Crippen molar-refractivity contribution in [3.8, 4) is 0 Å². The van der Waals surface area contributed by atoms with Crippen molar-refractivity contribution in [2.45, 2.75) is 38.5 Å². The molecular weight excluding hydrogens is 234 g/mol. The summed E-state index contributed by atoms with van der Waals surface area (Å²) in [5.41, 5.74) is 0. The molecule has 0 fully saturated rings. The fourth-order valence-electron chi connectivity index (χ4n) is 1.69. The monoisotopic (exact) mass is 257 g/mol. The maximum absolute atomic E-state index is 3.68. The van der Waals surface area contributed by atoms with E-state index < -0.39 is 0 Å². The van der Waals surface area contributed by atoms with Crippen LogP contribution in [-0.2, 0) is 0 Å². The van der Waals surface area contributed by atoms with Gasteiger partial charge in [0.25, 0.3) is 0 Å². The van der Waals surface area contributed by atoms with E-state index in [1.165, 1.54) is 11.3 Å². The molecule has 2 atom stereocenters. The predicted octanol–water partition coefficient (Wildman–Crippen LogP) is 4.18. The van der Waals surface area contributed by atoms with E-state index in [9.17, 15) is 0 Å². The van der Waals surface area contributed by atoms with Crippen molar-refractivity contribution >= 4 is 23.1 Å². The Morgan fingerprint density at radius 3 is 2.62 bits per heavy atom. The van der Waals surface area contributed by atoms with Crippen LogP contribution in [0.15, 0.2) is 17.5 Å². The average molecular weight is 257 g/mol. The molecule has 0 aromatic carbocycles. The van der Waals surface area contributed by atoms with Gasteiger partial charge in [-0.1, -0.05) is 26.8 Å².